The maximum atomic E-state index is 11.8. The average Bonchev–Trinajstić information content (AvgIpc) is 2.14. The predicted octanol–water partition coefficient (Wildman–Crippen LogP) is 0.732. The van der Waals surface area contributed by atoms with Gasteiger partial charge in [-0.2, -0.15) is 0 Å². The van der Waals surface area contributed by atoms with Gasteiger partial charge in [0.1, 0.15) is 0 Å². The van der Waals surface area contributed by atoms with Gasteiger partial charge in [-0.25, -0.2) is 0 Å². The fourth-order valence-corrected chi connectivity index (χ4v) is 1.37. The van der Waals surface area contributed by atoms with Gasteiger partial charge in [0.2, 0.25) is 0 Å². The number of pyridine rings is 1. The summed E-state index contributed by atoms with van der Waals surface area (Å²) in [6.45, 7) is 4.85. The number of aromatic hydroxyl groups is 1. The highest BCUT2D eigenvalue weighted by Gasteiger charge is 2.08. The summed E-state index contributed by atoms with van der Waals surface area (Å²) in [5.74, 6) is 0.0463. The number of hydrogen-bond acceptors (Lipinski definition) is 3. The summed E-state index contributed by atoms with van der Waals surface area (Å²) < 4.78 is 1.41. The van der Waals surface area contributed by atoms with Crippen LogP contribution in [0.3, 0.4) is 0 Å². The van der Waals surface area contributed by atoms with Crippen LogP contribution in [-0.2, 0) is 6.54 Å². The van der Waals surface area contributed by atoms with E-state index in [1.165, 1.54) is 4.57 Å². The summed E-state index contributed by atoms with van der Waals surface area (Å²) in [5.41, 5.74) is 1.43. The van der Waals surface area contributed by atoms with Crippen molar-refractivity contribution in [3.05, 3.63) is 27.5 Å². The second-order valence-corrected chi connectivity index (χ2v) is 4.07. The summed E-state index contributed by atoms with van der Waals surface area (Å²) in [6, 6.07) is 1.63. The molecule has 0 aliphatic rings. The van der Waals surface area contributed by atoms with Crippen LogP contribution in [0, 0.1) is 13.8 Å². The fourth-order valence-electron chi connectivity index (χ4n) is 1.37. The molecule has 0 aliphatic carbocycles. The van der Waals surface area contributed by atoms with Gasteiger partial charge < -0.3 is 10.0 Å². The van der Waals surface area contributed by atoms with Crippen molar-refractivity contribution in [2.75, 3.05) is 20.6 Å². The molecule has 0 unspecified atom stereocenters. The third-order valence-electron chi connectivity index (χ3n) is 2.55. The van der Waals surface area contributed by atoms with Gasteiger partial charge in [-0.15, -0.1) is 0 Å². The third-order valence-corrected chi connectivity index (χ3v) is 2.55. The lowest BCUT2D eigenvalue weighted by Crippen LogP contribution is -2.28. The normalized spacial score (nSPS) is 11.0. The van der Waals surface area contributed by atoms with E-state index in [1.54, 1.807) is 13.0 Å². The molecule has 1 rings (SSSR count). The van der Waals surface area contributed by atoms with E-state index in [0.29, 0.717) is 12.1 Å². The molecule has 0 saturated carbocycles. The lowest BCUT2D eigenvalue weighted by Gasteiger charge is -2.14. The van der Waals surface area contributed by atoms with E-state index in [2.05, 4.69) is 0 Å². The Labute approximate surface area is 89.8 Å². The molecule has 84 valence electrons. The number of hydrogen-bond donors (Lipinski definition) is 1. The molecule has 0 atom stereocenters. The highest BCUT2D eigenvalue weighted by molar-refractivity contribution is 5.27. The van der Waals surface area contributed by atoms with Gasteiger partial charge in [-0.05, 0) is 33.5 Å². The summed E-state index contributed by atoms with van der Waals surface area (Å²) in [5, 5.41) is 9.65. The number of likely N-dealkylation sites (N-methyl/N-ethyl adjacent to an activating group) is 1. The summed E-state index contributed by atoms with van der Waals surface area (Å²) in [4.78, 5) is 13.8. The number of aromatic nitrogens is 1. The third kappa shape index (κ3) is 2.59. The molecule has 0 radical (unpaired) electrons. The van der Waals surface area contributed by atoms with Crippen LogP contribution in [0.1, 0.15) is 11.1 Å². The average molecular weight is 210 g/mol. The minimum absolute atomic E-state index is 0.0463. The molecule has 1 heterocycles. The second kappa shape index (κ2) is 4.49. The van der Waals surface area contributed by atoms with E-state index in [-0.39, 0.29) is 11.4 Å². The zero-order valence-electron chi connectivity index (χ0n) is 9.74. The lowest BCUT2D eigenvalue weighted by atomic mass is 10.2. The second-order valence-electron chi connectivity index (χ2n) is 4.07. The van der Waals surface area contributed by atoms with Crippen molar-refractivity contribution in [3.63, 3.8) is 0 Å². The molecule has 1 aromatic rings. The SMILES string of the molecule is Cc1cc(O)n(CCN(C)C)c(=O)c1C. The molecule has 4 heteroatoms. The molecule has 0 saturated heterocycles. The molecule has 4 nitrogen and oxygen atoms in total. The van der Waals surface area contributed by atoms with Crippen LogP contribution < -0.4 is 5.56 Å². The van der Waals surface area contributed by atoms with Crippen LogP contribution in [-0.4, -0.2) is 35.2 Å². The Balaban J connectivity index is 3.08. The van der Waals surface area contributed by atoms with Crippen molar-refractivity contribution < 1.29 is 5.11 Å². The number of aryl methyl sites for hydroxylation is 1. The molecule has 15 heavy (non-hydrogen) atoms. The zero-order chi connectivity index (χ0) is 11.6. The van der Waals surface area contributed by atoms with Crippen molar-refractivity contribution in [1.29, 1.82) is 0 Å². The van der Waals surface area contributed by atoms with E-state index in [0.717, 1.165) is 12.1 Å². The van der Waals surface area contributed by atoms with E-state index in [1.807, 2.05) is 25.9 Å². The lowest BCUT2D eigenvalue weighted by molar-refractivity contribution is 0.348. The predicted molar refractivity (Wildman–Crippen MR) is 60.4 cm³/mol. The molecule has 0 aliphatic heterocycles. The van der Waals surface area contributed by atoms with Crippen LogP contribution in [0.2, 0.25) is 0 Å². The Morgan fingerprint density at radius 1 is 1.40 bits per heavy atom. The van der Waals surface area contributed by atoms with Gasteiger partial charge in [0.15, 0.2) is 5.88 Å². The van der Waals surface area contributed by atoms with Crippen molar-refractivity contribution >= 4 is 0 Å². The van der Waals surface area contributed by atoms with E-state index >= 15 is 0 Å². The molecular formula is C11H18N2O2. The largest absolute Gasteiger partial charge is 0.494 e. The standard InChI is InChI=1S/C11H18N2O2/c1-8-7-10(14)13(6-5-12(3)4)11(15)9(8)2/h7,14H,5-6H2,1-4H3. The van der Waals surface area contributed by atoms with Crippen molar-refractivity contribution in [2.45, 2.75) is 20.4 Å². The monoisotopic (exact) mass is 210 g/mol. The van der Waals surface area contributed by atoms with Gasteiger partial charge in [-0.3, -0.25) is 9.36 Å². The first kappa shape index (κ1) is 11.8. The Hall–Kier alpha value is -1.29. The highest BCUT2D eigenvalue weighted by Crippen LogP contribution is 2.11. The maximum absolute atomic E-state index is 11.8. The van der Waals surface area contributed by atoms with Crippen LogP contribution in [0.15, 0.2) is 10.9 Å². The summed E-state index contributed by atoms with van der Waals surface area (Å²) in [6.07, 6.45) is 0. The first-order valence-electron chi connectivity index (χ1n) is 4.98. The van der Waals surface area contributed by atoms with E-state index < -0.39 is 0 Å². The van der Waals surface area contributed by atoms with Crippen molar-refractivity contribution in [2.24, 2.45) is 0 Å². The molecular weight excluding hydrogens is 192 g/mol. The van der Waals surface area contributed by atoms with Gasteiger partial charge >= 0.3 is 0 Å². The zero-order valence-corrected chi connectivity index (χ0v) is 9.74. The first-order chi connectivity index (χ1) is 6.93. The molecule has 0 aromatic carbocycles. The molecule has 0 amide bonds. The van der Waals surface area contributed by atoms with Crippen LogP contribution in [0.4, 0.5) is 0 Å². The Morgan fingerprint density at radius 3 is 2.53 bits per heavy atom. The summed E-state index contributed by atoms with van der Waals surface area (Å²) in [7, 11) is 3.87. The first-order valence-corrected chi connectivity index (χ1v) is 4.98. The van der Waals surface area contributed by atoms with E-state index in [9.17, 15) is 9.90 Å². The van der Waals surface area contributed by atoms with Crippen LogP contribution >= 0.6 is 0 Å². The molecule has 1 aromatic heterocycles. The molecule has 1 N–H and O–H groups in total. The summed E-state index contributed by atoms with van der Waals surface area (Å²) >= 11 is 0. The Bertz CT molecular complexity index is 408. The van der Waals surface area contributed by atoms with E-state index in [4.69, 9.17) is 0 Å². The van der Waals surface area contributed by atoms with Gasteiger partial charge in [0, 0.05) is 24.7 Å². The Kier molecular flexibility index (Phi) is 3.52. The van der Waals surface area contributed by atoms with Gasteiger partial charge in [0.05, 0.1) is 0 Å². The highest BCUT2D eigenvalue weighted by atomic mass is 16.3. The molecule has 0 fully saturated rings. The van der Waals surface area contributed by atoms with Gasteiger partial charge in [-0.1, -0.05) is 0 Å². The molecule has 0 spiro atoms. The minimum Gasteiger partial charge on any atom is -0.494 e. The fraction of sp³-hybridized carbons (Fsp3) is 0.545. The van der Waals surface area contributed by atoms with Crippen LogP contribution in [0.25, 0.3) is 0 Å². The smallest absolute Gasteiger partial charge is 0.256 e. The maximum Gasteiger partial charge on any atom is 0.256 e. The topological polar surface area (TPSA) is 45.5 Å². The minimum atomic E-state index is -0.102. The van der Waals surface area contributed by atoms with Crippen molar-refractivity contribution in [1.82, 2.24) is 9.47 Å². The molecule has 0 bridgehead atoms. The number of nitrogens with zero attached hydrogens (tertiary/aromatic N) is 2. The quantitative estimate of drug-likeness (QED) is 0.800. The van der Waals surface area contributed by atoms with Crippen LogP contribution in [0.5, 0.6) is 5.88 Å². The van der Waals surface area contributed by atoms with Crippen molar-refractivity contribution in [3.8, 4) is 5.88 Å². The van der Waals surface area contributed by atoms with Gasteiger partial charge in [0.25, 0.3) is 5.56 Å². The Morgan fingerprint density at radius 2 is 2.00 bits per heavy atom. The number of rotatable bonds is 3.